The minimum atomic E-state index is -3.69. The molecule has 0 aliphatic carbocycles. The molecule has 9 heteroatoms. The summed E-state index contributed by atoms with van der Waals surface area (Å²) in [6.45, 7) is 0.0623. The van der Waals surface area contributed by atoms with Crippen molar-refractivity contribution in [2.45, 2.75) is 10.8 Å². The van der Waals surface area contributed by atoms with E-state index in [4.69, 9.17) is 0 Å². The molecule has 124 valence electrons. The molecule has 0 aliphatic heterocycles. The van der Waals surface area contributed by atoms with E-state index < -0.39 is 10.0 Å². The van der Waals surface area contributed by atoms with Gasteiger partial charge in [0.15, 0.2) is 0 Å². The van der Waals surface area contributed by atoms with E-state index in [0.717, 1.165) is 11.3 Å². The Morgan fingerprint density at radius 2 is 1.83 bits per heavy atom. The van der Waals surface area contributed by atoms with Crippen LogP contribution >= 0.6 is 11.3 Å². The van der Waals surface area contributed by atoms with Gasteiger partial charge in [0.05, 0.1) is 4.88 Å². The number of nitrogens with zero attached hydrogens (tertiary/aromatic N) is 1. The lowest BCUT2D eigenvalue weighted by atomic mass is 10.2. The molecule has 3 rings (SSSR count). The Kier molecular flexibility index (Phi) is 4.56. The maximum absolute atomic E-state index is 12.8. The Morgan fingerprint density at radius 3 is 2.50 bits per heavy atom. The van der Waals surface area contributed by atoms with Gasteiger partial charge in [0.2, 0.25) is 10.0 Å². The van der Waals surface area contributed by atoms with Crippen molar-refractivity contribution in [3.8, 4) is 10.6 Å². The fourth-order valence-corrected chi connectivity index (χ4v) is 4.27. The Balaban J connectivity index is 1.76. The molecule has 0 radical (unpaired) electrons. The molecule has 2 heterocycles. The topological polar surface area (TPSA) is 91.9 Å². The zero-order valence-corrected chi connectivity index (χ0v) is 13.8. The third-order valence-electron chi connectivity index (χ3n) is 3.16. The summed E-state index contributed by atoms with van der Waals surface area (Å²) >= 11 is 1.04. The molecule has 6 nitrogen and oxygen atoms in total. The molecule has 0 unspecified atom stereocenters. The van der Waals surface area contributed by atoms with E-state index >= 15 is 0 Å². The standard InChI is InChI=1S/C15H12FN3O3S2/c16-11-3-1-10(2-4-11)9-17-24(21,22)15-8-6-13(23-15)12-5-7-14(20)19-18-12/h1-8,17H,9H2,(H,19,20). The van der Waals surface area contributed by atoms with Gasteiger partial charge in [-0.25, -0.2) is 22.6 Å². The number of aromatic amines is 1. The summed E-state index contributed by atoms with van der Waals surface area (Å²) in [5.41, 5.74) is 0.808. The van der Waals surface area contributed by atoms with E-state index in [0.29, 0.717) is 16.1 Å². The van der Waals surface area contributed by atoms with Crippen LogP contribution in [0.4, 0.5) is 4.39 Å². The van der Waals surface area contributed by atoms with Crippen LogP contribution in [0.2, 0.25) is 0 Å². The van der Waals surface area contributed by atoms with Crippen LogP contribution < -0.4 is 10.3 Å². The Bertz CT molecular complexity index is 990. The highest BCUT2D eigenvalue weighted by atomic mass is 32.2. The number of rotatable bonds is 5. The van der Waals surface area contributed by atoms with Crippen molar-refractivity contribution in [1.82, 2.24) is 14.9 Å². The first kappa shape index (κ1) is 16.5. The number of benzene rings is 1. The summed E-state index contributed by atoms with van der Waals surface area (Å²) in [6.07, 6.45) is 0. The average molecular weight is 365 g/mol. The predicted octanol–water partition coefficient (Wildman–Crippen LogP) is 2.12. The van der Waals surface area contributed by atoms with Crippen LogP contribution in [-0.4, -0.2) is 18.6 Å². The van der Waals surface area contributed by atoms with E-state index in [1.54, 1.807) is 6.07 Å². The number of hydrogen-bond acceptors (Lipinski definition) is 5. The molecule has 0 bridgehead atoms. The van der Waals surface area contributed by atoms with Crippen LogP contribution in [0.25, 0.3) is 10.6 Å². The first-order chi connectivity index (χ1) is 11.4. The Labute approximate surface area is 141 Å². The molecule has 0 saturated carbocycles. The summed E-state index contributed by atoms with van der Waals surface area (Å²) in [5.74, 6) is -0.377. The van der Waals surface area contributed by atoms with Gasteiger partial charge in [-0.15, -0.1) is 11.3 Å². The summed E-state index contributed by atoms with van der Waals surface area (Å²) in [4.78, 5) is 11.6. The van der Waals surface area contributed by atoms with Gasteiger partial charge in [-0.05, 0) is 35.9 Å². The lowest BCUT2D eigenvalue weighted by molar-refractivity contribution is 0.583. The van der Waals surface area contributed by atoms with Gasteiger partial charge in [-0.2, -0.15) is 5.10 Å². The molecule has 2 N–H and O–H groups in total. The van der Waals surface area contributed by atoms with Crippen molar-refractivity contribution in [3.05, 3.63) is 70.3 Å². The van der Waals surface area contributed by atoms with Gasteiger partial charge in [-0.1, -0.05) is 12.1 Å². The van der Waals surface area contributed by atoms with Gasteiger partial charge in [0.1, 0.15) is 15.7 Å². The normalized spacial score (nSPS) is 11.5. The highest BCUT2D eigenvalue weighted by molar-refractivity contribution is 7.91. The fraction of sp³-hybridized carbons (Fsp3) is 0.0667. The van der Waals surface area contributed by atoms with Gasteiger partial charge >= 0.3 is 0 Å². The van der Waals surface area contributed by atoms with E-state index in [9.17, 15) is 17.6 Å². The van der Waals surface area contributed by atoms with E-state index in [1.807, 2.05) is 0 Å². The molecule has 3 aromatic rings. The van der Waals surface area contributed by atoms with Gasteiger partial charge in [0, 0.05) is 12.6 Å². The van der Waals surface area contributed by atoms with Crippen molar-refractivity contribution in [1.29, 1.82) is 0 Å². The molecular weight excluding hydrogens is 353 g/mol. The van der Waals surface area contributed by atoms with E-state index in [1.165, 1.54) is 42.5 Å². The second kappa shape index (κ2) is 6.63. The predicted molar refractivity (Wildman–Crippen MR) is 88.6 cm³/mol. The van der Waals surface area contributed by atoms with E-state index in [2.05, 4.69) is 14.9 Å². The fourth-order valence-electron chi connectivity index (χ4n) is 1.94. The van der Waals surface area contributed by atoms with Crippen LogP contribution in [0.15, 0.2) is 57.5 Å². The largest absolute Gasteiger partial charge is 0.268 e. The molecule has 0 amide bonds. The lowest BCUT2D eigenvalue weighted by Crippen LogP contribution is -2.22. The third kappa shape index (κ3) is 3.75. The molecular formula is C15H12FN3O3S2. The van der Waals surface area contributed by atoms with Gasteiger partial charge in [-0.3, -0.25) is 4.79 Å². The molecule has 0 spiro atoms. The molecule has 0 aliphatic rings. The maximum atomic E-state index is 12.8. The quantitative estimate of drug-likeness (QED) is 0.724. The van der Waals surface area contributed by atoms with Crippen LogP contribution in [-0.2, 0) is 16.6 Å². The summed E-state index contributed by atoms with van der Waals surface area (Å²) in [7, 11) is -3.69. The smallest absolute Gasteiger partial charge is 0.264 e. The second-order valence-corrected chi connectivity index (χ2v) is 7.95. The zero-order chi connectivity index (χ0) is 17.2. The van der Waals surface area contributed by atoms with Crippen LogP contribution in [0.3, 0.4) is 0 Å². The molecule has 24 heavy (non-hydrogen) atoms. The maximum Gasteiger partial charge on any atom is 0.264 e. The minimum absolute atomic E-state index is 0.0623. The monoisotopic (exact) mass is 365 g/mol. The van der Waals surface area contributed by atoms with Crippen molar-refractivity contribution in [3.63, 3.8) is 0 Å². The van der Waals surface area contributed by atoms with E-state index in [-0.39, 0.29) is 22.1 Å². The van der Waals surface area contributed by atoms with Crippen molar-refractivity contribution in [2.75, 3.05) is 0 Å². The molecule has 0 atom stereocenters. The Hall–Kier alpha value is -2.36. The third-order valence-corrected chi connectivity index (χ3v) is 6.16. The number of halogens is 1. The summed E-state index contributed by atoms with van der Waals surface area (Å²) in [5, 5.41) is 6.17. The molecule has 2 aromatic heterocycles. The van der Waals surface area contributed by atoms with Crippen molar-refractivity contribution in [2.24, 2.45) is 0 Å². The number of hydrogen-bond donors (Lipinski definition) is 2. The number of nitrogens with one attached hydrogen (secondary N) is 2. The number of H-pyrrole nitrogens is 1. The van der Waals surface area contributed by atoms with Crippen molar-refractivity contribution < 1.29 is 12.8 Å². The number of thiophene rings is 1. The van der Waals surface area contributed by atoms with Crippen LogP contribution in [0.5, 0.6) is 0 Å². The number of sulfonamides is 1. The highest BCUT2D eigenvalue weighted by Crippen LogP contribution is 2.28. The Morgan fingerprint density at radius 1 is 1.08 bits per heavy atom. The van der Waals surface area contributed by atoms with Gasteiger partial charge in [0.25, 0.3) is 5.56 Å². The molecule has 1 aromatic carbocycles. The summed E-state index contributed by atoms with van der Waals surface area (Å²) < 4.78 is 40.1. The zero-order valence-electron chi connectivity index (χ0n) is 12.2. The number of aromatic nitrogens is 2. The summed E-state index contributed by atoms with van der Waals surface area (Å²) in [6, 6.07) is 11.5. The SMILES string of the molecule is O=c1ccc(-c2ccc(S(=O)(=O)NCc3ccc(F)cc3)s2)n[nH]1. The molecule has 0 fully saturated rings. The average Bonchev–Trinajstić information content (AvgIpc) is 3.06. The highest BCUT2D eigenvalue weighted by Gasteiger charge is 2.17. The van der Waals surface area contributed by atoms with Crippen LogP contribution in [0, 0.1) is 5.82 Å². The molecule has 0 saturated heterocycles. The lowest BCUT2D eigenvalue weighted by Gasteiger charge is -2.04. The second-order valence-electron chi connectivity index (χ2n) is 4.88. The van der Waals surface area contributed by atoms with Crippen molar-refractivity contribution >= 4 is 21.4 Å². The van der Waals surface area contributed by atoms with Crippen LogP contribution in [0.1, 0.15) is 5.56 Å². The first-order valence-corrected chi connectivity index (χ1v) is 9.14. The minimum Gasteiger partial charge on any atom is -0.268 e. The van der Waals surface area contributed by atoms with Gasteiger partial charge < -0.3 is 0 Å². The first-order valence-electron chi connectivity index (χ1n) is 6.84.